The molecule has 128 valence electrons. The van der Waals surface area contributed by atoms with Gasteiger partial charge in [0.05, 0.1) is 8.07 Å². The maximum atomic E-state index is 11.7. The van der Waals surface area contributed by atoms with Gasteiger partial charge in [-0.05, 0) is 55.3 Å². The van der Waals surface area contributed by atoms with Gasteiger partial charge in [0.2, 0.25) is 0 Å². The maximum absolute atomic E-state index is 11.7. The molecular weight excluding hydrogens is 316 g/mol. The predicted molar refractivity (Wildman–Crippen MR) is 103 cm³/mol. The molecule has 0 amide bonds. The maximum Gasteiger partial charge on any atom is 0.514 e. The molecule has 2 aromatic carbocycles. The van der Waals surface area contributed by atoms with E-state index < -0.39 is 19.8 Å². The summed E-state index contributed by atoms with van der Waals surface area (Å²) in [5, 5.41) is 2.14. The Bertz CT molecular complexity index is 765. The van der Waals surface area contributed by atoms with Gasteiger partial charge in [-0.25, -0.2) is 4.79 Å². The highest BCUT2D eigenvalue weighted by Gasteiger charge is 2.18. The predicted octanol–water partition coefficient (Wildman–Crippen LogP) is 6.04. The molecule has 0 unspecified atom stereocenters. The Morgan fingerprint density at radius 1 is 1.00 bits per heavy atom. The topological polar surface area (TPSA) is 35.5 Å². The zero-order chi connectivity index (χ0) is 18.0. The Balaban J connectivity index is 2.18. The van der Waals surface area contributed by atoms with E-state index in [1.54, 1.807) is 6.07 Å². The van der Waals surface area contributed by atoms with E-state index in [4.69, 9.17) is 9.47 Å². The second kappa shape index (κ2) is 6.81. The molecule has 0 aliphatic rings. The van der Waals surface area contributed by atoms with Gasteiger partial charge in [-0.15, -0.1) is 0 Å². The summed E-state index contributed by atoms with van der Waals surface area (Å²) in [6.07, 6.45) is 1.51. The van der Waals surface area contributed by atoms with Gasteiger partial charge in [0.15, 0.2) is 0 Å². The number of rotatable bonds is 3. The minimum atomic E-state index is -1.21. The van der Waals surface area contributed by atoms with Crippen LogP contribution >= 0.6 is 0 Å². The summed E-state index contributed by atoms with van der Waals surface area (Å²) >= 11 is 0. The highest BCUT2D eigenvalue weighted by molar-refractivity contribution is 6.81. The Kier molecular flexibility index (Phi) is 5.18. The Hall–Kier alpha value is -2.07. The summed E-state index contributed by atoms with van der Waals surface area (Å²) in [4.78, 5) is 11.7. The lowest BCUT2D eigenvalue weighted by atomic mass is 10.1. The first-order chi connectivity index (χ1) is 11.0. The number of hydrogen-bond donors (Lipinski definition) is 0. The van der Waals surface area contributed by atoms with Crippen LogP contribution in [0.1, 0.15) is 26.3 Å². The number of carbonyl (C=O) groups excluding carboxylic acids is 1. The summed E-state index contributed by atoms with van der Waals surface area (Å²) in [5.41, 5.74) is 2.95. The molecule has 24 heavy (non-hydrogen) atoms. The number of ether oxygens (including phenoxy) is 2. The van der Waals surface area contributed by atoms with Gasteiger partial charge in [-0.2, -0.15) is 0 Å². The van der Waals surface area contributed by atoms with Crippen molar-refractivity contribution >= 4 is 31.1 Å². The summed E-state index contributed by atoms with van der Waals surface area (Å²) in [6.45, 7) is 12.4. The van der Waals surface area contributed by atoms with Crippen LogP contribution in [-0.2, 0) is 4.74 Å². The normalized spacial score (nSPS) is 12.6. The first kappa shape index (κ1) is 18.3. The van der Waals surface area contributed by atoms with Crippen LogP contribution in [0.5, 0.6) is 5.75 Å². The fraction of sp³-hybridized carbons (Fsp3) is 0.350. The minimum absolute atomic E-state index is 0.488. The third kappa shape index (κ3) is 5.85. The summed E-state index contributed by atoms with van der Waals surface area (Å²) in [6, 6.07) is 11.9. The molecule has 2 rings (SSSR count). The highest BCUT2D eigenvalue weighted by Crippen LogP contribution is 2.24. The van der Waals surface area contributed by atoms with E-state index in [-0.39, 0.29) is 0 Å². The second-order valence-electron chi connectivity index (χ2n) is 8.03. The fourth-order valence-corrected chi connectivity index (χ4v) is 2.82. The van der Waals surface area contributed by atoms with E-state index >= 15 is 0 Å². The zero-order valence-corrected chi connectivity index (χ0v) is 16.3. The zero-order valence-electron chi connectivity index (χ0n) is 15.3. The van der Waals surface area contributed by atoms with Gasteiger partial charge in [0, 0.05) is 0 Å². The van der Waals surface area contributed by atoms with Crippen molar-refractivity contribution < 1.29 is 14.3 Å². The van der Waals surface area contributed by atoms with Crippen molar-refractivity contribution in [3.63, 3.8) is 0 Å². The van der Waals surface area contributed by atoms with Crippen LogP contribution in [0.3, 0.4) is 0 Å². The molecule has 0 radical (unpaired) electrons. The SMILES string of the molecule is CC(C)(C)OC(=O)Oc1ccc2cc(/C=C\[Si](C)(C)C)ccc2c1. The fourth-order valence-electron chi connectivity index (χ4n) is 2.12. The van der Waals surface area contributed by atoms with Gasteiger partial charge in [-0.3, -0.25) is 0 Å². The number of fused-ring (bicyclic) bond motifs is 1. The summed E-state index contributed by atoms with van der Waals surface area (Å²) < 4.78 is 10.4. The molecule has 0 saturated carbocycles. The molecule has 0 fully saturated rings. The lowest BCUT2D eigenvalue weighted by Gasteiger charge is -2.18. The van der Waals surface area contributed by atoms with Crippen LogP contribution in [-0.4, -0.2) is 19.8 Å². The largest absolute Gasteiger partial charge is 0.514 e. The summed E-state index contributed by atoms with van der Waals surface area (Å²) in [5.74, 6) is 0.488. The molecule has 0 saturated heterocycles. The molecule has 4 heteroatoms. The molecule has 0 heterocycles. The van der Waals surface area contributed by atoms with E-state index in [1.807, 2.05) is 39.0 Å². The van der Waals surface area contributed by atoms with Gasteiger partial charge >= 0.3 is 6.16 Å². The van der Waals surface area contributed by atoms with Crippen LogP contribution in [0.25, 0.3) is 16.8 Å². The molecule has 0 aromatic heterocycles. The lowest BCUT2D eigenvalue weighted by molar-refractivity contribution is 0.0206. The minimum Gasteiger partial charge on any atom is -0.428 e. The Morgan fingerprint density at radius 2 is 1.62 bits per heavy atom. The van der Waals surface area contributed by atoms with Crippen LogP contribution in [0.2, 0.25) is 19.6 Å². The average Bonchev–Trinajstić information content (AvgIpc) is 2.42. The standard InChI is InChI=1S/C20H26O3Si/c1-20(2,3)23-19(21)22-18-10-9-16-13-15(7-8-17(16)14-18)11-12-24(4,5)6/h7-14H,1-6H3/b12-11-. The van der Waals surface area contributed by atoms with Crippen LogP contribution in [0, 0.1) is 0 Å². The first-order valence-corrected chi connectivity index (χ1v) is 11.7. The number of hydrogen-bond acceptors (Lipinski definition) is 3. The highest BCUT2D eigenvalue weighted by atomic mass is 28.3. The molecule has 3 nitrogen and oxygen atoms in total. The van der Waals surface area contributed by atoms with Crippen LogP contribution < -0.4 is 4.74 Å². The number of carbonyl (C=O) groups is 1. The number of benzene rings is 2. The van der Waals surface area contributed by atoms with Gasteiger partial charge in [-0.1, -0.05) is 49.6 Å². The van der Waals surface area contributed by atoms with Crippen molar-refractivity contribution in [3.8, 4) is 5.75 Å². The van der Waals surface area contributed by atoms with E-state index in [2.05, 4.69) is 43.5 Å². The Morgan fingerprint density at radius 3 is 2.25 bits per heavy atom. The molecule has 0 bridgehead atoms. The Labute approximate surface area is 145 Å². The van der Waals surface area contributed by atoms with Gasteiger partial charge in [0.25, 0.3) is 0 Å². The molecular formula is C20H26O3Si. The third-order valence-electron chi connectivity index (χ3n) is 3.20. The van der Waals surface area contributed by atoms with Crippen molar-refractivity contribution in [1.82, 2.24) is 0 Å². The quantitative estimate of drug-likeness (QED) is 0.387. The monoisotopic (exact) mass is 342 g/mol. The van der Waals surface area contributed by atoms with Gasteiger partial charge in [0.1, 0.15) is 11.4 Å². The van der Waals surface area contributed by atoms with E-state index in [1.165, 1.54) is 5.56 Å². The van der Waals surface area contributed by atoms with Crippen molar-refractivity contribution in [1.29, 1.82) is 0 Å². The summed E-state index contributed by atoms with van der Waals surface area (Å²) in [7, 11) is -1.21. The van der Waals surface area contributed by atoms with Crippen molar-refractivity contribution in [3.05, 3.63) is 47.7 Å². The molecule has 0 spiro atoms. The average molecular weight is 343 g/mol. The van der Waals surface area contributed by atoms with Crippen molar-refractivity contribution in [2.24, 2.45) is 0 Å². The second-order valence-corrected chi connectivity index (χ2v) is 13.1. The van der Waals surface area contributed by atoms with Gasteiger partial charge < -0.3 is 9.47 Å². The molecule has 0 atom stereocenters. The molecule has 0 aliphatic carbocycles. The van der Waals surface area contributed by atoms with Crippen LogP contribution in [0.15, 0.2) is 42.1 Å². The lowest BCUT2D eigenvalue weighted by Crippen LogP contribution is -2.25. The van der Waals surface area contributed by atoms with E-state index in [0.29, 0.717) is 5.75 Å². The van der Waals surface area contributed by atoms with E-state index in [0.717, 1.165) is 10.8 Å². The van der Waals surface area contributed by atoms with Crippen molar-refractivity contribution in [2.75, 3.05) is 0 Å². The van der Waals surface area contributed by atoms with Crippen LogP contribution in [0.4, 0.5) is 4.79 Å². The molecule has 0 N–H and O–H groups in total. The molecule has 2 aromatic rings. The molecule has 0 aliphatic heterocycles. The van der Waals surface area contributed by atoms with E-state index in [9.17, 15) is 4.79 Å². The van der Waals surface area contributed by atoms with Crippen molar-refractivity contribution in [2.45, 2.75) is 46.0 Å². The third-order valence-corrected chi connectivity index (χ3v) is 4.37. The smallest absolute Gasteiger partial charge is 0.428 e. The first-order valence-electron chi connectivity index (χ1n) is 8.16.